The van der Waals surface area contributed by atoms with Gasteiger partial charge in [0.15, 0.2) is 0 Å². The lowest BCUT2D eigenvalue weighted by Gasteiger charge is -2.40. The number of likely N-dealkylation sites (tertiary alicyclic amines) is 1. The quantitative estimate of drug-likeness (QED) is 0.495. The van der Waals surface area contributed by atoms with Crippen molar-refractivity contribution in [2.24, 2.45) is 11.8 Å². The number of hydrogen-bond acceptors (Lipinski definition) is 5. The second kappa shape index (κ2) is 11.7. The second-order valence-corrected chi connectivity index (χ2v) is 10.9. The number of hydrogen-bond donors (Lipinski definition) is 2. The molecule has 39 heavy (non-hydrogen) atoms. The summed E-state index contributed by atoms with van der Waals surface area (Å²) in [4.78, 5) is 32.6. The van der Waals surface area contributed by atoms with Gasteiger partial charge in [0.1, 0.15) is 11.0 Å². The number of rotatable bonds is 6. The van der Waals surface area contributed by atoms with Gasteiger partial charge in [0, 0.05) is 38.8 Å². The highest BCUT2D eigenvalue weighted by Gasteiger charge is 2.62. The fourth-order valence-corrected chi connectivity index (χ4v) is 5.89. The number of piperidine rings is 2. The molecule has 0 unspecified atom stereocenters. The van der Waals surface area contributed by atoms with Gasteiger partial charge in [0.25, 0.3) is 17.4 Å². The molecule has 2 aromatic rings. The molecule has 0 bridgehead atoms. The van der Waals surface area contributed by atoms with Crippen molar-refractivity contribution in [3.05, 3.63) is 58.2 Å². The molecule has 1 aromatic heterocycles. The lowest BCUT2D eigenvalue weighted by molar-refractivity contribution is -0.262. The first-order valence-corrected chi connectivity index (χ1v) is 13.6. The first-order valence-electron chi connectivity index (χ1n) is 13.2. The van der Waals surface area contributed by atoms with Crippen molar-refractivity contribution in [2.75, 3.05) is 38.1 Å². The van der Waals surface area contributed by atoms with E-state index in [2.05, 4.69) is 15.2 Å². The van der Waals surface area contributed by atoms with Crippen LogP contribution in [0.3, 0.4) is 0 Å². The van der Waals surface area contributed by atoms with Crippen LogP contribution in [0.25, 0.3) is 0 Å². The molecule has 0 saturated carbocycles. The van der Waals surface area contributed by atoms with E-state index in [9.17, 15) is 27.9 Å². The highest BCUT2D eigenvalue weighted by Crippen LogP contribution is 2.42. The van der Waals surface area contributed by atoms with Crippen molar-refractivity contribution in [3.63, 3.8) is 0 Å². The van der Waals surface area contributed by atoms with Gasteiger partial charge in [0.2, 0.25) is 0 Å². The Bertz CT molecular complexity index is 1190. The van der Waals surface area contributed by atoms with Crippen molar-refractivity contribution < 1.29 is 27.9 Å². The van der Waals surface area contributed by atoms with Crippen LogP contribution in [-0.2, 0) is 10.4 Å². The number of halogens is 4. The van der Waals surface area contributed by atoms with Gasteiger partial charge in [-0.15, -0.1) is 0 Å². The van der Waals surface area contributed by atoms with E-state index in [1.54, 1.807) is 25.1 Å². The van der Waals surface area contributed by atoms with Crippen LogP contribution in [0.1, 0.15) is 53.6 Å². The van der Waals surface area contributed by atoms with Crippen molar-refractivity contribution in [1.82, 2.24) is 15.2 Å². The van der Waals surface area contributed by atoms with E-state index < -0.39 is 23.2 Å². The van der Waals surface area contributed by atoms with Crippen molar-refractivity contribution >= 4 is 29.2 Å². The minimum Gasteiger partial charge on any atom is -0.369 e. The van der Waals surface area contributed by atoms with E-state index in [1.165, 1.54) is 19.2 Å². The highest BCUT2D eigenvalue weighted by atomic mass is 35.5. The molecule has 2 aliphatic heterocycles. The lowest BCUT2D eigenvalue weighted by atomic mass is 9.82. The van der Waals surface area contributed by atoms with Gasteiger partial charge < -0.3 is 20.2 Å². The smallest absolute Gasteiger partial charge is 0.369 e. The predicted molar refractivity (Wildman–Crippen MR) is 143 cm³/mol. The summed E-state index contributed by atoms with van der Waals surface area (Å²) in [6, 6.07) is 8.86. The largest absolute Gasteiger partial charge is 0.430 e. The molecule has 0 radical (unpaired) electrons. The molecule has 2 fully saturated rings. The van der Waals surface area contributed by atoms with E-state index in [1.807, 2.05) is 0 Å². The minimum atomic E-state index is -5.13. The third kappa shape index (κ3) is 6.17. The first kappa shape index (κ1) is 29.1. The number of alkyl halides is 3. The molecule has 2 saturated heterocycles. The molecule has 3 heterocycles. The summed E-state index contributed by atoms with van der Waals surface area (Å²) in [5, 5.41) is 13.4. The molecule has 7 nitrogen and oxygen atoms in total. The third-order valence-corrected chi connectivity index (χ3v) is 8.26. The van der Waals surface area contributed by atoms with E-state index in [-0.39, 0.29) is 24.1 Å². The van der Waals surface area contributed by atoms with Gasteiger partial charge in [-0.2, -0.15) is 13.2 Å². The van der Waals surface area contributed by atoms with Crippen molar-refractivity contribution in [1.29, 1.82) is 0 Å². The third-order valence-electron chi connectivity index (χ3n) is 7.97. The van der Waals surface area contributed by atoms with Crippen LogP contribution < -0.4 is 10.2 Å². The van der Waals surface area contributed by atoms with E-state index in [0.29, 0.717) is 35.8 Å². The number of benzene rings is 1. The van der Waals surface area contributed by atoms with Gasteiger partial charge in [0.05, 0.1) is 5.56 Å². The molecule has 0 aliphatic carbocycles. The summed E-state index contributed by atoms with van der Waals surface area (Å²) in [6.07, 6.45) is -1.10. The summed E-state index contributed by atoms with van der Waals surface area (Å²) in [7, 11) is 1.53. The number of nitrogens with zero attached hydrogens (tertiary/aromatic N) is 3. The summed E-state index contributed by atoms with van der Waals surface area (Å²) >= 11 is 6.20. The first-order chi connectivity index (χ1) is 18.4. The fraction of sp³-hybridized carbons (Fsp3) is 0.536. The zero-order valence-electron chi connectivity index (χ0n) is 22.1. The Hall–Kier alpha value is -2.85. The number of amides is 2. The highest BCUT2D eigenvalue weighted by molar-refractivity contribution is 6.32. The normalized spacial score (nSPS) is 19.1. The van der Waals surface area contributed by atoms with Crippen LogP contribution in [0.2, 0.25) is 5.15 Å². The minimum absolute atomic E-state index is 0.162. The average molecular weight is 567 g/mol. The van der Waals surface area contributed by atoms with Gasteiger partial charge in [-0.25, -0.2) is 4.98 Å². The standard InChI is InChI=1S/C28H34ClF3N4O3/c1-18-4-3-5-21(16-18)27(39,28(30,31)32)26(38)36-14-10-20(11-15-36)17-19-8-12-35(13-9-19)23-7-6-22(24(29)34-23)25(37)33-2/h3-7,16,19-20,39H,8-15,17H2,1-2H3,(H,33,37)/t27-/m1/s1. The Labute approximate surface area is 231 Å². The number of carbonyl (C=O) groups excluding carboxylic acids is 2. The molecule has 4 rings (SSSR count). The van der Waals surface area contributed by atoms with Gasteiger partial charge in [-0.1, -0.05) is 41.4 Å². The predicted octanol–water partition coefficient (Wildman–Crippen LogP) is 4.70. The number of pyridine rings is 1. The number of aromatic nitrogens is 1. The Morgan fingerprint density at radius 1 is 1.05 bits per heavy atom. The lowest BCUT2D eigenvalue weighted by Crippen LogP contribution is -2.57. The Morgan fingerprint density at radius 2 is 1.67 bits per heavy atom. The van der Waals surface area contributed by atoms with E-state index >= 15 is 0 Å². The number of nitrogens with one attached hydrogen (secondary N) is 1. The SMILES string of the molecule is CNC(=O)c1ccc(N2CCC(CC3CCN(C(=O)[C@](O)(c4cccc(C)c4)C(F)(F)F)CC3)CC2)nc1Cl. The zero-order chi connectivity index (χ0) is 28.4. The number of aliphatic hydroxyl groups is 1. The second-order valence-electron chi connectivity index (χ2n) is 10.6. The summed E-state index contributed by atoms with van der Waals surface area (Å²) < 4.78 is 42.1. The molecule has 1 atom stereocenters. The van der Waals surface area contributed by atoms with Crippen LogP contribution in [0, 0.1) is 18.8 Å². The zero-order valence-corrected chi connectivity index (χ0v) is 22.9. The van der Waals surface area contributed by atoms with Gasteiger partial charge in [-0.05, 0) is 63.0 Å². The van der Waals surface area contributed by atoms with Crippen molar-refractivity contribution in [2.45, 2.75) is 50.8 Å². The Kier molecular flexibility index (Phi) is 8.75. The number of aryl methyl sites for hydroxylation is 1. The topological polar surface area (TPSA) is 85.8 Å². The number of carbonyl (C=O) groups is 2. The Morgan fingerprint density at radius 3 is 2.21 bits per heavy atom. The molecule has 1 aromatic carbocycles. The molecule has 2 aliphatic rings. The molecule has 0 spiro atoms. The molecule has 2 amide bonds. The molecule has 11 heteroatoms. The average Bonchev–Trinajstić information content (AvgIpc) is 2.92. The van der Waals surface area contributed by atoms with Crippen LogP contribution in [-0.4, -0.2) is 66.2 Å². The van der Waals surface area contributed by atoms with Crippen LogP contribution in [0.15, 0.2) is 36.4 Å². The summed E-state index contributed by atoms with van der Waals surface area (Å²) in [5.41, 5.74) is -3.15. The van der Waals surface area contributed by atoms with Crippen LogP contribution >= 0.6 is 11.6 Å². The summed E-state index contributed by atoms with van der Waals surface area (Å²) in [6.45, 7) is 3.58. The van der Waals surface area contributed by atoms with Crippen LogP contribution in [0.5, 0.6) is 0 Å². The van der Waals surface area contributed by atoms with Crippen molar-refractivity contribution in [3.8, 4) is 0 Å². The molecular formula is C28H34ClF3N4O3. The monoisotopic (exact) mass is 566 g/mol. The van der Waals surface area contributed by atoms with Gasteiger partial charge in [-0.3, -0.25) is 9.59 Å². The molecule has 212 valence electrons. The van der Waals surface area contributed by atoms with Crippen LogP contribution in [0.4, 0.5) is 19.0 Å². The maximum Gasteiger partial charge on any atom is 0.430 e. The van der Waals surface area contributed by atoms with Gasteiger partial charge >= 0.3 is 6.18 Å². The maximum absolute atomic E-state index is 14.0. The van der Waals surface area contributed by atoms with E-state index in [4.69, 9.17) is 11.6 Å². The number of anilines is 1. The van der Waals surface area contributed by atoms with E-state index in [0.717, 1.165) is 49.1 Å². The Balaban J connectivity index is 1.31. The maximum atomic E-state index is 14.0. The molecule has 2 N–H and O–H groups in total. The fourth-order valence-electron chi connectivity index (χ4n) is 5.65. The molecular weight excluding hydrogens is 533 g/mol. The summed E-state index contributed by atoms with van der Waals surface area (Å²) in [5.74, 6) is -0.0927.